The number of halogens is 1. The van der Waals surface area contributed by atoms with Gasteiger partial charge in [-0.25, -0.2) is 17.6 Å². The Balaban J connectivity index is 2.27. The molecule has 1 heterocycles. The molecule has 0 fully saturated rings. The number of esters is 1. The van der Waals surface area contributed by atoms with E-state index in [0.717, 1.165) is 5.56 Å². The third-order valence-corrected chi connectivity index (χ3v) is 5.86. The predicted molar refractivity (Wildman–Crippen MR) is 102 cm³/mol. The van der Waals surface area contributed by atoms with Crippen molar-refractivity contribution in [2.75, 3.05) is 6.26 Å². The molecule has 0 unspecified atom stereocenters. The fourth-order valence-corrected chi connectivity index (χ4v) is 4.48. The molecule has 0 saturated carbocycles. The number of rotatable bonds is 4. The molecule has 0 aromatic heterocycles. The SMILES string of the molecule is CCc1cc(C2=C(c3ccc(F)cc3)C(=O)OC2(C)C)ccc1S(C)(=O)=O. The van der Waals surface area contributed by atoms with E-state index in [1.807, 2.05) is 6.92 Å². The van der Waals surface area contributed by atoms with Gasteiger partial charge in [-0.3, -0.25) is 0 Å². The van der Waals surface area contributed by atoms with Gasteiger partial charge in [-0.1, -0.05) is 31.2 Å². The van der Waals surface area contributed by atoms with Crippen LogP contribution in [0, 0.1) is 5.82 Å². The van der Waals surface area contributed by atoms with Gasteiger partial charge in [-0.2, -0.15) is 0 Å². The lowest BCUT2D eigenvalue weighted by molar-refractivity contribution is -0.141. The molecule has 0 N–H and O–H groups in total. The average molecular weight is 388 g/mol. The predicted octanol–water partition coefficient (Wildman–Crippen LogP) is 4.04. The molecule has 142 valence electrons. The molecule has 27 heavy (non-hydrogen) atoms. The highest BCUT2D eigenvalue weighted by molar-refractivity contribution is 7.90. The van der Waals surface area contributed by atoms with Gasteiger partial charge in [0.1, 0.15) is 11.4 Å². The summed E-state index contributed by atoms with van der Waals surface area (Å²) in [6.45, 7) is 5.45. The van der Waals surface area contributed by atoms with Crippen LogP contribution in [0.15, 0.2) is 47.4 Å². The Labute approximate surface area is 158 Å². The zero-order valence-corrected chi connectivity index (χ0v) is 16.5. The topological polar surface area (TPSA) is 60.4 Å². The Morgan fingerprint density at radius 3 is 2.19 bits per heavy atom. The minimum atomic E-state index is -3.35. The van der Waals surface area contributed by atoms with Gasteiger partial charge in [0.2, 0.25) is 0 Å². The van der Waals surface area contributed by atoms with Crippen molar-refractivity contribution in [3.63, 3.8) is 0 Å². The van der Waals surface area contributed by atoms with Crippen LogP contribution in [-0.4, -0.2) is 26.2 Å². The molecule has 0 aliphatic carbocycles. The fraction of sp³-hybridized carbons (Fsp3) is 0.286. The van der Waals surface area contributed by atoms with Crippen molar-refractivity contribution >= 4 is 27.0 Å². The number of sulfone groups is 1. The minimum absolute atomic E-state index is 0.278. The molecule has 0 amide bonds. The van der Waals surface area contributed by atoms with Gasteiger partial charge < -0.3 is 4.74 Å². The van der Waals surface area contributed by atoms with E-state index >= 15 is 0 Å². The Bertz CT molecular complexity index is 1050. The van der Waals surface area contributed by atoms with Crippen LogP contribution in [0.3, 0.4) is 0 Å². The van der Waals surface area contributed by atoms with Crippen LogP contribution in [-0.2, 0) is 25.8 Å². The van der Waals surface area contributed by atoms with Gasteiger partial charge in [0.05, 0.1) is 10.5 Å². The Morgan fingerprint density at radius 1 is 1.04 bits per heavy atom. The summed E-state index contributed by atoms with van der Waals surface area (Å²) >= 11 is 0. The normalized spacial score (nSPS) is 16.6. The smallest absolute Gasteiger partial charge is 0.340 e. The summed E-state index contributed by atoms with van der Waals surface area (Å²) in [5.74, 6) is -0.871. The van der Waals surface area contributed by atoms with Crippen LogP contribution < -0.4 is 0 Å². The minimum Gasteiger partial charge on any atom is -0.451 e. The molecule has 1 aliphatic rings. The van der Waals surface area contributed by atoms with E-state index in [4.69, 9.17) is 4.74 Å². The highest BCUT2D eigenvalue weighted by Gasteiger charge is 2.41. The Hall–Kier alpha value is -2.47. The van der Waals surface area contributed by atoms with Crippen molar-refractivity contribution in [2.24, 2.45) is 0 Å². The second-order valence-electron chi connectivity index (χ2n) is 7.10. The van der Waals surface area contributed by atoms with E-state index in [9.17, 15) is 17.6 Å². The molecule has 4 nitrogen and oxygen atoms in total. The summed E-state index contributed by atoms with van der Waals surface area (Å²) in [5.41, 5.74) is 2.10. The van der Waals surface area contributed by atoms with Crippen LogP contribution in [0.1, 0.15) is 37.5 Å². The van der Waals surface area contributed by atoms with Gasteiger partial charge in [0, 0.05) is 11.8 Å². The number of cyclic esters (lactones) is 1. The lowest BCUT2D eigenvalue weighted by Gasteiger charge is -2.22. The number of carbonyl (C=O) groups excluding carboxylic acids is 1. The van der Waals surface area contributed by atoms with E-state index < -0.39 is 27.2 Å². The highest BCUT2D eigenvalue weighted by Crippen LogP contribution is 2.44. The first-order valence-corrected chi connectivity index (χ1v) is 10.5. The van der Waals surface area contributed by atoms with Gasteiger partial charge in [-0.15, -0.1) is 0 Å². The summed E-state index contributed by atoms with van der Waals surface area (Å²) in [6, 6.07) is 10.7. The third-order valence-electron chi connectivity index (χ3n) is 4.67. The molecule has 2 aromatic rings. The van der Waals surface area contributed by atoms with Crippen molar-refractivity contribution in [1.29, 1.82) is 0 Å². The van der Waals surface area contributed by atoms with E-state index in [2.05, 4.69) is 0 Å². The maximum Gasteiger partial charge on any atom is 0.340 e. The van der Waals surface area contributed by atoms with Crippen molar-refractivity contribution in [3.8, 4) is 0 Å². The first kappa shape index (κ1) is 19.3. The first-order valence-electron chi connectivity index (χ1n) is 8.62. The van der Waals surface area contributed by atoms with Crippen molar-refractivity contribution in [3.05, 3.63) is 65.0 Å². The standard InChI is InChI=1S/C21H21FO4S/c1-5-13-12-15(8-11-17(13)27(4,24)25)19-18(20(23)26-21(19,2)3)14-6-9-16(22)10-7-14/h6-12H,5H2,1-4H3. The van der Waals surface area contributed by atoms with E-state index in [-0.39, 0.29) is 4.90 Å². The summed E-state index contributed by atoms with van der Waals surface area (Å²) in [4.78, 5) is 12.8. The molecule has 0 saturated heterocycles. The van der Waals surface area contributed by atoms with Crippen LogP contribution in [0.25, 0.3) is 11.1 Å². The van der Waals surface area contributed by atoms with Crippen molar-refractivity contribution < 1.29 is 22.3 Å². The molecular formula is C21H21FO4S. The number of carbonyl (C=O) groups is 1. The monoisotopic (exact) mass is 388 g/mol. The van der Waals surface area contributed by atoms with E-state index in [0.29, 0.717) is 28.7 Å². The first-order chi connectivity index (χ1) is 12.5. The lowest BCUT2D eigenvalue weighted by atomic mass is 9.86. The molecule has 1 aliphatic heterocycles. The number of hydrogen-bond acceptors (Lipinski definition) is 4. The van der Waals surface area contributed by atoms with Crippen LogP contribution in [0.4, 0.5) is 4.39 Å². The molecule has 0 radical (unpaired) electrons. The molecule has 6 heteroatoms. The second-order valence-corrected chi connectivity index (χ2v) is 9.09. The van der Waals surface area contributed by atoms with Gasteiger partial charge in [0.15, 0.2) is 9.84 Å². The Morgan fingerprint density at radius 2 is 1.63 bits per heavy atom. The van der Waals surface area contributed by atoms with Gasteiger partial charge in [0.25, 0.3) is 0 Å². The number of benzene rings is 2. The van der Waals surface area contributed by atoms with Crippen molar-refractivity contribution in [2.45, 2.75) is 37.7 Å². The Kier molecular flexibility index (Phi) is 4.72. The third kappa shape index (κ3) is 3.54. The molecule has 0 bridgehead atoms. The van der Waals surface area contributed by atoms with Gasteiger partial charge in [-0.05, 0) is 55.2 Å². The lowest BCUT2D eigenvalue weighted by Crippen LogP contribution is -2.22. The maximum absolute atomic E-state index is 13.3. The molecule has 0 spiro atoms. The second kappa shape index (κ2) is 6.60. The number of ether oxygens (including phenoxy) is 1. The average Bonchev–Trinajstić information content (AvgIpc) is 2.82. The van der Waals surface area contributed by atoms with Gasteiger partial charge >= 0.3 is 5.97 Å². The van der Waals surface area contributed by atoms with Crippen LogP contribution >= 0.6 is 0 Å². The largest absolute Gasteiger partial charge is 0.451 e. The molecular weight excluding hydrogens is 367 g/mol. The van der Waals surface area contributed by atoms with Crippen LogP contribution in [0.5, 0.6) is 0 Å². The summed E-state index contributed by atoms with van der Waals surface area (Å²) in [7, 11) is -3.35. The summed E-state index contributed by atoms with van der Waals surface area (Å²) < 4.78 is 42.9. The van der Waals surface area contributed by atoms with E-state index in [1.54, 1.807) is 44.2 Å². The molecule has 2 aromatic carbocycles. The zero-order chi connectivity index (χ0) is 20.0. The van der Waals surface area contributed by atoms with Crippen molar-refractivity contribution in [1.82, 2.24) is 0 Å². The summed E-state index contributed by atoms with van der Waals surface area (Å²) in [5, 5.41) is 0. The number of hydrogen-bond donors (Lipinski definition) is 0. The highest BCUT2D eigenvalue weighted by atomic mass is 32.2. The quantitative estimate of drug-likeness (QED) is 0.742. The zero-order valence-electron chi connectivity index (χ0n) is 15.7. The fourth-order valence-electron chi connectivity index (χ4n) is 3.48. The number of aryl methyl sites for hydroxylation is 1. The summed E-state index contributed by atoms with van der Waals surface area (Å²) in [6.07, 6.45) is 1.71. The molecule has 0 atom stereocenters. The van der Waals surface area contributed by atoms with Crippen LogP contribution in [0.2, 0.25) is 0 Å². The molecule has 3 rings (SSSR count). The van der Waals surface area contributed by atoms with E-state index in [1.165, 1.54) is 18.4 Å². The maximum atomic E-state index is 13.3.